The fourth-order valence-electron chi connectivity index (χ4n) is 1.41. The van der Waals surface area contributed by atoms with Crippen molar-refractivity contribution >= 4 is 62.1 Å². The van der Waals surface area contributed by atoms with Crippen LogP contribution in [0.1, 0.15) is 10.7 Å². The number of nitrogens with one attached hydrogen (secondary N) is 1. The second-order valence-corrected chi connectivity index (χ2v) is 6.22. The topological polar surface area (TPSA) is 42.0 Å². The van der Waals surface area contributed by atoms with Crippen LogP contribution < -0.4 is 5.32 Å². The van der Waals surface area contributed by atoms with Crippen molar-refractivity contribution in [3.63, 3.8) is 0 Å². The van der Waals surface area contributed by atoms with Gasteiger partial charge < -0.3 is 5.32 Å². The van der Waals surface area contributed by atoms with Gasteiger partial charge in [0.05, 0.1) is 23.7 Å². The molecule has 1 amide bonds. The van der Waals surface area contributed by atoms with Gasteiger partial charge in [-0.25, -0.2) is 4.98 Å². The minimum Gasteiger partial charge on any atom is -0.325 e. The molecule has 0 aliphatic carbocycles. The molecule has 19 heavy (non-hydrogen) atoms. The molecule has 3 nitrogen and oxygen atoms in total. The fourth-order valence-corrected chi connectivity index (χ4v) is 3.22. The molecule has 0 saturated carbocycles. The first kappa shape index (κ1) is 14.8. The number of alkyl halides is 1. The van der Waals surface area contributed by atoms with E-state index in [1.165, 1.54) is 11.3 Å². The minimum atomic E-state index is -0.126. The van der Waals surface area contributed by atoms with Gasteiger partial charge in [0.2, 0.25) is 5.91 Å². The molecule has 1 aromatic carbocycles. The lowest BCUT2D eigenvalue weighted by molar-refractivity contribution is -0.115. The summed E-state index contributed by atoms with van der Waals surface area (Å²) < 4.78 is 0.744. The normalized spacial score (nSPS) is 10.5. The summed E-state index contributed by atoms with van der Waals surface area (Å²) in [5.74, 6) is 0.236. The van der Waals surface area contributed by atoms with E-state index in [2.05, 4.69) is 26.2 Å². The molecule has 1 aromatic heterocycles. The molecular formula is C12H9BrCl2N2OS. The molecule has 0 radical (unpaired) electrons. The summed E-state index contributed by atoms with van der Waals surface area (Å²) in [6.07, 6.45) is 0.233. The van der Waals surface area contributed by atoms with E-state index in [-0.39, 0.29) is 12.3 Å². The number of carbonyl (C=O) groups excluding carboxylic acids is 1. The summed E-state index contributed by atoms with van der Waals surface area (Å²) in [6, 6.07) is 5.19. The Balaban J connectivity index is 2.01. The monoisotopic (exact) mass is 378 g/mol. The van der Waals surface area contributed by atoms with Crippen LogP contribution in [0.2, 0.25) is 5.02 Å². The first-order valence-electron chi connectivity index (χ1n) is 5.32. The molecule has 100 valence electrons. The number of hydrogen-bond donors (Lipinski definition) is 1. The third-order valence-corrected chi connectivity index (χ3v) is 4.32. The van der Waals surface area contributed by atoms with Crippen molar-refractivity contribution in [2.24, 2.45) is 0 Å². The number of hydrogen-bond acceptors (Lipinski definition) is 3. The Morgan fingerprint density at radius 1 is 1.47 bits per heavy atom. The third kappa shape index (κ3) is 4.18. The Kier molecular flexibility index (Phi) is 5.21. The van der Waals surface area contributed by atoms with Crippen LogP contribution in [0.3, 0.4) is 0 Å². The second-order valence-electron chi connectivity index (χ2n) is 3.72. The van der Waals surface area contributed by atoms with Crippen molar-refractivity contribution in [1.29, 1.82) is 0 Å². The van der Waals surface area contributed by atoms with Gasteiger partial charge in [-0.15, -0.1) is 22.9 Å². The Hall–Kier alpha value is -0.620. The van der Waals surface area contributed by atoms with Gasteiger partial charge in [-0.05, 0) is 34.1 Å². The van der Waals surface area contributed by atoms with Crippen LogP contribution in [0.25, 0.3) is 0 Å². The highest BCUT2D eigenvalue weighted by Gasteiger charge is 2.10. The van der Waals surface area contributed by atoms with Crippen LogP contribution >= 0.6 is 50.5 Å². The van der Waals surface area contributed by atoms with E-state index >= 15 is 0 Å². The van der Waals surface area contributed by atoms with Gasteiger partial charge in [0, 0.05) is 14.9 Å². The molecule has 0 fully saturated rings. The number of rotatable bonds is 4. The lowest BCUT2D eigenvalue weighted by Gasteiger charge is -2.06. The lowest BCUT2D eigenvalue weighted by atomic mass is 10.3. The number of nitrogens with zero attached hydrogens (tertiary/aromatic N) is 1. The molecule has 0 spiro atoms. The highest BCUT2D eigenvalue weighted by atomic mass is 79.9. The number of aromatic nitrogens is 1. The summed E-state index contributed by atoms with van der Waals surface area (Å²) >= 11 is 16.3. The molecule has 2 rings (SSSR count). The lowest BCUT2D eigenvalue weighted by Crippen LogP contribution is -2.14. The van der Waals surface area contributed by atoms with E-state index < -0.39 is 0 Å². The summed E-state index contributed by atoms with van der Waals surface area (Å²) in [6.45, 7) is 0. The molecule has 0 aliphatic heterocycles. The van der Waals surface area contributed by atoms with Gasteiger partial charge in [-0.1, -0.05) is 11.6 Å². The van der Waals surface area contributed by atoms with Crippen molar-refractivity contribution in [2.45, 2.75) is 12.3 Å². The molecule has 1 N–H and O–H groups in total. The Morgan fingerprint density at radius 2 is 2.26 bits per heavy atom. The number of halogens is 3. The van der Waals surface area contributed by atoms with Crippen molar-refractivity contribution in [3.05, 3.63) is 43.8 Å². The molecule has 0 unspecified atom stereocenters. The zero-order valence-corrected chi connectivity index (χ0v) is 13.5. The molecular weight excluding hydrogens is 371 g/mol. The van der Waals surface area contributed by atoms with Crippen molar-refractivity contribution in [1.82, 2.24) is 4.98 Å². The van der Waals surface area contributed by atoms with Gasteiger partial charge in [0.25, 0.3) is 0 Å². The highest BCUT2D eigenvalue weighted by Crippen LogP contribution is 2.26. The third-order valence-electron chi connectivity index (χ3n) is 2.25. The SMILES string of the molecule is O=C(Cc1nc(CCl)cs1)Nc1ccc(Cl)cc1Br. The maximum Gasteiger partial charge on any atom is 0.231 e. The maximum atomic E-state index is 11.9. The number of carbonyl (C=O) groups is 1. The second kappa shape index (κ2) is 6.70. The highest BCUT2D eigenvalue weighted by molar-refractivity contribution is 9.10. The largest absolute Gasteiger partial charge is 0.325 e. The summed E-state index contributed by atoms with van der Waals surface area (Å²) in [5, 5.41) is 6.01. The Labute approximate surface area is 133 Å². The number of thiazole rings is 1. The molecule has 1 heterocycles. The molecule has 7 heteroatoms. The zero-order valence-electron chi connectivity index (χ0n) is 9.62. The first-order chi connectivity index (χ1) is 9.08. The van der Waals surface area contributed by atoms with Crippen LogP contribution in [0.4, 0.5) is 5.69 Å². The van der Waals surface area contributed by atoms with E-state index in [0.717, 1.165) is 15.2 Å². The van der Waals surface area contributed by atoms with E-state index in [9.17, 15) is 4.79 Å². The summed E-state index contributed by atoms with van der Waals surface area (Å²) in [4.78, 5) is 16.1. The standard InChI is InChI=1S/C12H9BrCl2N2OS/c13-9-3-7(15)1-2-10(9)17-11(18)4-12-16-8(5-14)6-19-12/h1-3,6H,4-5H2,(H,17,18). The molecule has 0 saturated heterocycles. The maximum absolute atomic E-state index is 11.9. The Morgan fingerprint density at radius 3 is 2.89 bits per heavy atom. The van der Waals surface area contributed by atoms with Crippen LogP contribution in [0, 0.1) is 0 Å². The van der Waals surface area contributed by atoms with E-state index in [4.69, 9.17) is 23.2 Å². The van der Waals surface area contributed by atoms with Gasteiger partial charge in [-0.3, -0.25) is 4.79 Å². The molecule has 0 bridgehead atoms. The average molecular weight is 380 g/mol. The van der Waals surface area contributed by atoms with Crippen molar-refractivity contribution in [3.8, 4) is 0 Å². The summed E-state index contributed by atoms with van der Waals surface area (Å²) in [5.41, 5.74) is 1.48. The predicted molar refractivity (Wildman–Crippen MR) is 83.2 cm³/mol. The smallest absolute Gasteiger partial charge is 0.231 e. The number of anilines is 1. The minimum absolute atomic E-state index is 0.126. The first-order valence-corrected chi connectivity index (χ1v) is 7.91. The quantitative estimate of drug-likeness (QED) is 0.795. The molecule has 0 atom stereocenters. The van der Waals surface area contributed by atoms with E-state index in [1.807, 2.05) is 5.38 Å². The van der Waals surface area contributed by atoms with Gasteiger partial charge in [0.1, 0.15) is 5.01 Å². The van der Waals surface area contributed by atoms with Gasteiger partial charge >= 0.3 is 0 Å². The summed E-state index contributed by atoms with van der Waals surface area (Å²) in [7, 11) is 0. The fraction of sp³-hybridized carbons (Fsp3) is 0.167. The van der Waals surface area contributed by atoms with Crippen LogP contribution in [-0.4, -0.2) is 10.9 Å². The number of benzene rings is 1. The van der Waals surface area contributed by atoms with Crippen LogP contribution in [-0.2, 0) is 17.1 Å². The van der Waals surface area contributed by atoms with Crippen LogP contribution in [0.5, 0.6) is 0 Å². The van der Waals surface area contributed by atoms with Crippen LogP contribution in [0.15, 0.2) is 28.1 Å². The average Bonchev–Trinajstić information content (AvgIpc) is 2.80. The van der Waals surface area contributed by atoms with E-state index in [0.29, 0.717) is 16.6 Å². The molecule has 2 aromatic rings. The van der Waals surface area contributed by atoms with Crippen molar-refractivity contribution in [2.75, 3.05) is 5.32 Å². The van der Waals surface area contributed by atoms with E-state index in [1.54, 1.807) is 18.2 Å². The number of amides is 1. The zero-order chi connectivity index (χ0) is 13.8. The van der Waals surface area contributed by atoms with Crippen molar-refractivity contribution < 1.29 is 4.79 Å². The molecule has 0 aliphatic rings. The van der Waals surface area contributed by atoms with Gasteiger partial charge in [0.15, 0.2) is 0 Å². The van der Waals surface area contributed by atoms with Gasteiger partial charge in [-0.2, -0.15) is 0 Å². The predicted octanol–water partition coefficient (Wildman–Crippen LogP) is 4.48. The Bertz CT molecular complexity index is 603.